The van der Waals surface area contributed by atoms with E-state index in [0.717, 1.165) is 30.2 Å². The van der Waals surface area contributed by atoms with Crippen LogP contribution in [0.4, 0.5) is 0 Å². The molecule has 0 spiro atoms. The zero-order valence-electron chi connectivity index (χ0n) is 13.7. The van der Waals surface area contributed by atoms with Crippen LogP contribution in [0.25, 0.3) is 0 Å². The summed E-state index contributed by atoms with van der Waals surface area (Å²) in [6.07, 6.45) is 1.20. The van der Waals surface area contributed by atoms with Gasteiger partial charge in [0.05, 0.1) is 0 Å². The molecule has 0 N–H and O–H groups in total. The molecule has 1 fully saturated rings. The number of hydrogen-bond acceptors (Lipinski definition) is 2. The lowest BCUT2D eigenvalue weighted by Crippen LogP contribution is -2.42. The highest BCUT2D eigenvalue weighted by Crippen LogP contribution is 2.24. The number of nitrogens with zero attached hydrogens (tertiary/aromatic N) is 1. The van der Waals surface area contributed by atoms with E-state index in [-0.39, 0.29) is 5.91 Å². The minimum Gasteiger partial charge on any atom is -0.457 e. The normalized spacial score (nSPS) is 21.0. The molecule has 3 heteroatoms. The number of carbonyl (C=O) groups excluding carboxylic acids is 1. The van der Waals surface area contributed by atoms with E-state index in [2.05, 4.69) is 13.8 Å². The Hall–Kier alpha value is -2.29. The van der Waals surface area contributed by atoms with Crippen molar-refractivity contribution in [3.05, 3.63) is 60.2 Å². The van der Waals surface area contributed by atoms with Crippen molar-refractivity contribution in [3.8, 4) is 11.5 Å². The molecule has 0 radical (unpaired) electrons. The highest BCUT2D eigenvalue weighted by Gasteiger charge is 2.26. The van der Waals surface area contributed by atoms with Crippen molar-refractivity contribution in [1.29, 1.82) is 0 Å². The minimum atomic E-state index is 0.120. The van der Waals surface area contributed by atoms with Crippen LogP contribution in [0, 0.1) is 11.8 Å². The second kappa shape index (κ2) is 6.86. The van der Waals surface area contributed by atoms with E-state index < -0.39 is 0 Å². The van der Waals surface area contributed by atoms with E-state index in [0.29, 0.717) is 11.8 Å². The van der Waals surface area contributed by atoms with Crippen LogP contribution in [-0.4, -0.2) is 23.9 Å². The van der Waals surface area contributed by atoms with Gasteiger partial charge >= 0.3 is 0 Å². The Morgan fingerprint density at radius 3 is 2.09 bits per heavy atom. The van der Waals surface area contributed by atoms with Crippen molar-refractivity contribution in [3.63, 3.8) is 0 Å². The van der Waals surface area contributed by atoms with Crippen LogP contribution in [0.2, 0.25) is 0 Å². The molecular formula is C20H23NO2. The number of likely N-dealkylation sites (tertiary alicyclic amines) is 1. The summed E-state index contributed by atoms with van der Waals surface area (Å²) in [6, 6.07) is 17.1. The molecule has 3 rings (SSSR count). The molecule has 0 unspecified atom stereocenters. The van der Waals surface area contributed by atoms with Crippen molar-refractivity contribution in [2.45, 2.75) is 20.3 Å². The first-order valence-electron chi connectivity index (χ1n) is 8.24. The minimum absolute atomic E-state index is 0.120. The lowest BCUT2D eigenvalue weighted by atomic mass is 9.91. The molecule has 1 aliphatic heterocycles. The number of amides is 1. The molecule has 2 aromatic rings. The van der Waals surface area contributed by atoms with E-state index in [1.165, 1.54) is 6.42 Å². The molecule has 1 amide bonds. The second-order valence-corrected chi connectivity index (χ2v) is 6.60. The van der Waals surface area contributed by atoms with E-state index in [1.807, 2.05) is 59.5 Å². The number of ether oxygens (including phenoxy) is 1. The molecule has 3 nitrogen and oxygen atoms in total. The first kappa shape index (κ1) is 15.6. The van der Waals surface area contributed by atoms with Crippen molar-refractivity contribution in [2.75, 3.05) is 13.1 Å². The van der Waals surface area contributed by atoms with Crippen molar-refractivity contribution >= 4 is 5.91 Å². The molecule has 120 valence electrons. The number of carbonyl (C=O) groups is 1. The fourth-order valence-electron chi connectivity index (χ4n) is 3.30. The van der Waals surface area contributed by atoms with Gasteiger partial charge in [-0.3, -0.25) is 4.79 Å². The average Bonchev–Trinajstić information content (AvgIpc) is 2.55. The van der Waals surface area contributed by atoms with Gasteiger partial charge in [-0.05, 0) is 54.7 Å². The molecule has 0 saturated carbocycles. The lowest BCUT2D eigenvalue weighted by molar-refractivity contribution is 0.0623. The van der Waals surface area contributed by atoms with Crippen molar-refractivity contribution < 1.29 is 9.53 Å². The van der Waals surface area contributed by atoms with E-state index in [9.17, 15) is 4.79 Å². The Balaban J connectivity index is 1.68. The molecule has 0 aliphatic carbocycles. The third-order valence-corrected chi connectivity index (χ3v) is 4.24. The van der Waals surface area contributed by atoms with E-state index >= 15 is 0 Å². The zero-order chi connectivity index (χ0) is 16.2. The average molecular weight is 309 g/mol. The molecule has 2 aromatic carbocycles. The van der Waals surface area contributed by atoms with Gasteiger partial charge in [0, 0.05) is 18.7 Å². The van der Waals surface area contributed by atoms with Gasteiger partial charge in [-0.15, -0.1) is 0 Å². The number of hydrogen-bond donors (Lipinski definition) is 0. The highest BCUT2D eigenvalue weighted by atomic mass is 16.5. The molecule has 1 heterocycles. The summed E-state index contributed by atoms with van der Waals surface area (Å²) in [5.74, 6) is 2.81. The van der Waals surface area contributed by atoms with Crippen LogP contribution < -0.4 is 4.74 Å². The van der Waals surface area contributed by atoms with Gasteiger partial charge in [0.1, 0.15) is 11.5 Å². The molecule has 1 aliphatic rings. The Bertz CT molecular complexity index is 641. The third kappa shape index (κ3) is 3.92. The van der Waals surface area contributed by atoms with E-state index in [4.69, 9.17) is 4.74 Å². The number of para-hydroxylation sites is 1. The smallest absolute Gasteiger partial charge is 0.253 e. The number of piperidine rings is 1. The molecule has 2 atom stereocenters. The third-order valence-electron chi connectivity index (χ3n) is 4.24. The first-order chi connectivity index (χ1) is 11.1. The van der Waals surface area contributed by atoms with Crippen LogP contribution in [0.1, 0.15) is 30.6 Å². The van der Waals surface area contributed by atoms with Gasteiger partial charge in [-0.2, -0.15) is 0 Å². The maximum Gasteiger partial charge on any atom is 0.253 e. The fourth-order valence-corrected chi connectivity index (χ4v) is 3.30. The van der Waals surface area contributed by atoms with Gasteiger partial charge in [-0.1, -0.05) is 32.0 Å². The summed E-state index contributed by atoms with van der Waals surface area (Å²) in [6.45, 7) is 6.14. The van der Waals surface area contributed by atoms with Gasteiger partial charge in [-0.25, -0.2) is 0 Å². The maximum absolute atomic E-state index is 12.6. The first-order valence-corrected chi connectivity index (χ1v) is 8.24. The van der Waals surface area contributed by atoms with Gasteiger partial charge in [0.2, 0.25) is 0 Å². The summed E-state index contributed by atoms with van der Waals surface area (Å²) >= 11 is 0. The Morgan fingerprint density at radius 1 is 0.913 bits per heavy atom. The summed E-state index contributed by atoms with van der Waals surface area (Å²) < 4.78 is 5.77. The molecule has 23 heavy (non-hydrogen) atoms. The molecule has 0 aromatic heterocycles. The number of benzene rings is 2. The second-order valence-electron chi connectivity index (χ2n) is 6.60. The summed E-state index contributed by atoms with van der Waals surface area (Å²) in [7, 11) is 0. The quantitative estimate of drug-likeness (QED) is 0.829. The number of rotatable bonds is 3. The fraction of sp³-hybridized carbons (Fsp3) is 0.350. The summed E-state index contributed by atoms with van der Waals surface area (Å²) in [5.41, 5.74) is 0.728. The van der Waals surface area contributed by atoms with Gasteiger partial charge < -0.3 is 9.64 Å². The van der Waals surface area contributed by atoms with Crippen molar-refractivity contribution in [1.82, 2.24) is 4.90 Å². The van der Waals surface area contributed by atoms with Crippen LogP contribution in [-0.2, 0) is 0 Å². The van der Waals surface area contributed by atoms with Crippen LogP contribution >= 0.6 is 0 Å². The van der Waals surface area contributed by atoms with Gasteiger partial charge in [0.25, 0.3) is 5.91 Å². The van der Waals surface area contributed by atoms with Gasteiger partial charge in [0.15, 0.2) is 0 Å². The summed E-state index contributed by atoms with van der Waals surface area (Å²) in [4.78, 5) is 14.6. The van der Waals surface area contributed by atoms with Crippen LogP contribution in [0.3, 0.4) is 0 Å². The summed E-state index contributed by atoms with van der Waals surface area (Å²) in [5, 5.41) is 0. The Kier molecular flexibility index (Phi) is 4.65. The largest absolute Gasteiger partial charge is 0.457 e. The Morgan fingerprint density at radius 2 is 1.48 bits per heavy atom. The molecule has 0 bridgehead atoms. The van der Waals surface area contributed by atoms with Crippen LogP contribution in [0.5, 0.6) is 11.5 Å². The highest BCUT2D eigenvalue weighted by molar-refractivity contribution is 5.94. The molecular weight excluding hydrogens is 286 g/mol. The lowest BCUT2D eigenvalue weighted by Gasteiger charge is -2.35. The zero-order valence-corrected chi connectivity index (χ0v) is 13.7. The standard InChI is InChI=1S/C20H23NO2/c1-15-12-16(2)14-21(13-15)20(22)17-8-10-19(11-9-17)23-18-6-4-3-5-7-18/h3-11,15-16H,12-14H2,1-2H3/t15-,16-/m1/s1. The predicted octanol–water partition coefficient (Wildman–Crippen LogP) is 4.60. The maximum atomic E-state index is 12.6. The topological polar surface area (TPSA) is 29.5 Å². The molecule has 1 saturated heterocycles. The van der Waals surface area contributed by atoms with Crippen molar-refractivity contribution in [2.24, 2.45) is 11.8 Å². The van der Waals surface area contributed by atoms with Crippen LogP contribution in [0.15, 0.2) is 54.6 Å². The Labute approximate surface area is 137 Å². The predicted molar refractivity (Wildman–Crippen MR) is 91.8 cm³/mol. The SMILES string of the molecule is C[C@@H]1C[C@@H](C)CN(C(=O)c2ccc(Oc3ccccc3)cc2)C1. The monoisotopic (exact) mass is 309 g/mol. The van der Waals surface area contributed by atoms with E-state index in [1.54, 1.807) is 0 Å².